The number of aromatic nitrogens is 1. The molecule has 1 N–H and O–H groups in total. The van der Waals surface area contributed by atoms with Crippen LogP contribution in [0.3, 0.4) is 0 Å². The normalized spacial score (nSPS) is 15.3. The molecule has 0 bridgehead atoms. The molecule has 3 nitrogen and oxygen atoms in total. The molecule has 0 saturated carbocycles. The van der Waals surface area contributed by atoms with E-state index in [4.69, 9.17) is 0 Å². The molecule has 0 radical (unpaired) electrons. The van der Waals surface area contributed by atoms with Crippen LogP contribution in [0.25, 0.3) is 0 Å². The van der Waals surface area contributed by atoms with Gasteiger partial charge in [-0.2, -0.15) is 0 Å². The standard InChI is InChI=1S/C12H23N3S/c1-5-10(2)15(4)7-6-14-11(3)12-8-13-9-16-12/h8-11,14H,5-7H2,1-4H3. The van der Waals surface area contributed by atoms with Crippen LogP contribution in [0.4, 0.5) is 0 Å². The van der Waals surface area contributed by atoms with Gasteiger partial charge in [-0.25, -0.2) is 0 Å². The zero-order valence-electron chi connectivity index (χ0n) is 10.7. The quantitative estimate of drug-likeness (QED) is 0.795. The molecule has 0 aliphatic rings. The van der Waals surface area contributed by atoms with Crippen molar-refractivity contribution < 1.29 is 0 Å². The highest BCUT2D eigenvalue weighted by Crippen LogP contribution is 2.15. The Labute approximate surface area is 103 Å². The van der Waals surface area contributed by atoms with Crippen LogP contribution >= 0.6 is 11.3 Å². The van der Waals surface area contributed by atoms with Gasteiger partial charge in [0.1, 0.15) is 0 Å². The second kappa shape index (κ2) is 6.99. The summed E-state index contributed by atoms with van der Waals surface area (Å²) in [5.41, 5.74) is 1.89. The van der Waals surface area contributed by atoms with Crippen molar-refractivity contribution >= 4 is 11.3 Å². The number of likely N-dealkylation sites (N-methyl/N-ethyl adjacent to an activating group) is 1. The Kier molecular flexibility index (Phi) is 5.95. The van der Waals surface area contributed by atoms with Crippen LogP contribution in [0.15, 0.2) is 11.7 Å². The van der Waals surface area contributed by atoms with Gasteiger partial charge in [-0.3, -0.25) is 4.98 Å². The molecule has 1 heterocycles. The lowest BCUT2D eigenvalue weighted by molar-refractivity contribution is 0.249. The lowest BCUT2D eigenvalue weighted by Crippen LogP contribution is -2.35. The van der Waals surface area contributed by atoms with E-state index in [-0.39, 0.29) is 0 Å². The van der Waals surface area contributed by atoms with Crippen LogP contribution in [-0.2, 0) is 0 Å². The summed E-state index contributed by atoms with van der Waals surface area (Å²) in [6.07, 6.45) is 3.15. The molecule has 4 heteroatoms. The van der Waals surface area contributed by atoms with Gasteiger partial charge in [-0.1, -0.05) is 6.92 Å². The average Bonchev–Trinajstić information content (AvgIpc) is 2.81. The average molecular weight is 241 g/mol. The highest BCUT2D eigenvalue weighted by molar-refractivity contribution is 7.09. The van der Waals surface area contributed by atoms with Crippen LogP contribution in [0.5, 0.6) is 0 Å². The van der Waals surface area contributed by atoms with Crippen LogP contribution in [-0.4, -0.2) is 36.1 Å². The van der Waals surface area contributed by atoms with Gasteiger partial charge in [0.05, 0.1) is 5.51 Å². The largest absolute Gasteiger partial charge is 0.308 e. The summed E-state index contributed by atoms with van der Waals surface area (Å²) in [5, 5.41) is 3.52. The fourth-order valence-electron chi connectivity index (χ4n) is 1.53. The van der Waals surface area contributed by atoms with E-state index in [2.05, 4.69) is 43.0 Å². The minimum absolute atomic E-state index is 0.415. The fourth-order valence-corrected chi connectivity index (χ4v) is 2.18. The topological polar surface area (TPSA) is 28.2 Å². The van der Waals surface area contributed by atoms with Crippen molar-refractivity contribution in [3.63, 3.8) is 0 Å². The predicted molar refractivity (Wildman–Crippen MR) is 70.9 cm³/mol. The molecule has 0 spiro atoms. The Bertz CT molecular complexity index is 274. The van der Waals surface area contributed by atoms with Crippen molar-refractivity contribution in [2.75, 3.05) is 20.1 Å². The van der Waals surface area contributed by atoms with Gasteiger partial charge >= 0.3 is 0 Å². The van der Waals surface area contributed by atoms with Gasteiger partial charge in [0.2, 0.25) is 0 Å². The lowest BCUT2D eigenvalue weighted by atomic mass is 10.2. The number of hydrogen-bond donors (Lipinski definition) is 1. The van der Waals surface area contributed by atoms with Crippen LogP contribution in [0.2, 0.25) is 0 Å². The van der Waals surface area contributed by atoms with Gasteiger partial charge in [0.15, 0.2) is 0 Å². The highest BCUT2D eigenvalue weighted by Gasteiger charge is 2.08. The van der Waals surface area contributed by atoms with Gasteiger partial charge in [0.25, 0.3) is 0 Å². The third-order valence-corrected chi connectivity index (χ3v) is 4.09. The Morgan fingerprint density at radius 2 is 2.25 bits per heavy atom. The molecule has 0 amide bonds. The van der Waals surface area contributed by atoms with Crippen molar-refractivity contribution in [1.82, 2.24) is 15.2 Å². The summed E-state index contributed by atoms with van der Waals surface area (Å²) in [6.45, 7) is 8.82. The first-order chi connectivity index (χ1) is 7.65. The molecule has 1 aromatic rings. The molecule has 0 saturated heterocycles. The van der Waals surface area contributed by atoms with Gasteiger partial charge in [-0.05, 0) is 27.3 Å². The van der Waals surface area contributed by atoms with Crippen LogP contribution in [0, 0.1) is 0 Å². The highest BCUT2D eigenvalue weighted by atomic mass is 32.1. The Balaban J connectivity index is 2.20. The van der Waals surface area contributed by atoms with Crippen LogP contribution < -0.4 is 5.32 Å². The molecule has 16 heavy (non-hydrogen) atoms. The summed E-state index contributed by atoms with van der Waals surface area (Å²) in [7, 11) is 2.19. The Hall–Kier alpha value is -0.450. The van der Waals surface area contributed by atoms with Crippen molar-refractivity contribution in [2.45, 2.75) is 39.3 Å². The molecule has 2 atom stereocenters. The van der Waals surface area contributed by atoms with Crippen molar-refractivity contribution in [1.29, 1.82) is 0 Å². The maximum absolute atomic E-state index is 4.10. The molecule has 1 aromatic heterocycles. The van der Waals surface area contributed by atoms with Crippen molar-refractivity contribution in [2.24, 2.45) is 0 Å². The molecule has 92 valence electrons. The van der Waals surface area contributed by atoms with Crippen molar-refractivity contribution in [3.05, 3.63) is 16.6 Å². The second-order valence-electron chi connectivity index (χ2n) is 4.32. The SMILES string of the molecule is CCC(C)N(C)CCNC(C)c1cncs1. The first-order valence-electron chi connectivity index (χ1n) is 5.97. The molecule has 0 fully saturated rings. The van der Waals surface area contributed by atoms with Gasteiger partial charge in [0, 0.05) is 36.2 Å². The smallest absolute Gasteiger partial charge is 0.0794 e. The maximum atomic E-state index is 4.10. The molecule has 2 unspecified atom stereocenters. The number of rotatable bonds is 7. The molecule has 0 aromatic carbocycles. The number of nitrogens with one attached hydrogen (secondary N) is 1. The van der Waals surface area contributed by atoms with E-state index in [1.165, 1.54) is 11.3 Å². The summed E-state index contributed by atoms with van der Waals surface area (Å²) >= 11 is 1.71. The predicted octanol–water partition coefficient (Wildman–Crippen LogP) is 2.52. The number of thiazole rings is 1. The number of hydrogen-bond acceptors (Lipinski definition) is 4. The van der Waals surface area contributed by atoms with E-state index in [0.29, 0.717) is 12.1 Å². The minimum Gasteiger partial charge on any atom is -0.308 e. The first kappa shape index (κ1) is 13.6. The van der Waals surface area contributed by atoms with E-state index in [0.717, 1.165) is 13.1 Å². The summed E-state index contributed by atoms with van der Waals surface area (Å²) in [4.78, 5) is 7.80. The van der Waals surface area contributed by atoms with Gasteiger partial charge in [-0.15, -0.1) is 11.3 Å². The van der Waals surface area contributed by atoms with Gasteiger partial charge < -0.3 is 10.2 Å². The molecular formula is C12H23N3S. The summed E-state index contributed by atoms with van der Waals surface area (Å²) < 4.78 is 0. The Morgan fingerprint density at radius 3 is 2.81 bits per heavy atom. The third kappa shape index (κ3) is 4.20. The third-order valence-electron chi connectivity index (χ3n) is 3.14. The first-order valence-corrected chi connectivity index (χ1v) is 6.85. The van der Waals surface area contributed by atoms with Crippen molar-refractivity contribution in [3.8, 4) is 0 Å². The van der Waals surface area contributed by atoms with E-state index in [1.807, 2.05) is 11.7 Å². The van der Waals surface area contributed by atoms with E-state index in [9.17, 15) is 0 Å². The fraction of sp³-hybridized carbons (Fsp3) is 0.750. The summed E-state index contributed by atoms with van der Waals surface area (Å²) in [5.74, 6) is 0. The zero-order valence-corrected chi connectivity index (χ0v) is 11.5. The molecular weight excluding hydrogens is 218 g/mol. The lowest BCUT2D eigenvalue weighted by Gasteiger charge is -2.24. The van der Waals surface area contributed by atoms with E-state index >= 15 is 0 Å². The maximum Gasteiger partial charge on any atom is 0.0794 e. The monoisotopic (exact) mass is 241 g/mol. The Morgan fingerprint density at radius 1 is 1.50 bits per heavy atom. The van der Waals surface area contributed by atoms with E-state index in [1.54, 1.807) is 11.3 Å². The zero-order chi connectivity index (χ0) is 12.0. The second-order valence-corrected chi connectivity index (χ2v) is 5.24. The molecule has 1 rings (SSSR count). The van der Waals surface area contributed by atoms with E-state index < -0.39 is 0 Å². The summed E-state index contributed by atoms with van der Waals surface area (Å²) in [6, 6.07) is 1.08. The van der Waals surface area contributed by atoms with Crippen LogP contribution in [0.1, 0.15) is 38.1 Å². The minimum atomic E-state index is 0.415. The molecule has 0 aliphatic heterocycles. The molecule has 0 aliphatic carbocycles. The number of nitrogens with zero attached hydrogens (tertiary/aromatic N) is 2.